The third kappa shape index (κ3) is 4.48. The molecule has 1 aliphatic heterocycles. The lowest BCUT2D eigenvalue weighted by Crippen LogP contribution is -2.48. The minimum Gasteiger partial charge on any atom is -0.493 e. The first-order valence-electron chi connectivity index (χ1n) is 11.6. The molecule has 0 saturated carbocycles. The Morgan fingerprint density at radius 3 is 2.54 bits per heavy atom. The number of amides is 1. The Bertz CT molecular complexity index is 1340. The van der Waals surface area contributed by atoms with E-state index in [-0.39, 0.29) is 24.4 Å². The van der Waals surface area contributed by atoms with Gasteiger partial charge in [0, 0.05) is 50.9 Å². The molecule has 11 nitrogen and oxygen atoms in total. The molecule has 35 heavy (non-hydrogen) atoms. The summed E-state index contributed by atoms with van der Waals surface area (Å²) in [6.07, 6.45) is 1.85. The second-order valence-corrected chi connectivity index (χ2v) is 8.81. The highest BCUT2D eigenvalue weighted by Gasteiger charge is 2.24. The molecular formula is C24H28N8O3. The maximum absolute atomic E-state index is 11.7. The fourth-order valence-corrected chi connectivity index (χ4v) is 4.15. The summed E-state index contributed by atoms with van der Waals surface area (Å²) in [4.78, 5) is 29.5. The van der Waals surface area contributed by atoms with Gasteiger partial charge >= 0.3 is 0 Å². The number of hydrogen-bond donors (Lipinski definition) is 2. The van der Waals surface area contributed by atoms with Crippen LogP contribution in [0.25, 0.3) is 22.3 Å². The Balaban J connectivity index is 1.44. The van der Waals surface area contributed by atoms with Crippen molar-refractivity contribution < 1.29 is 14.4 Å². The van der Waals surface area contributed by atoms with Crippen molar-refractivity contribution in [3.8, 4) is 17.3 Å². The molecular weight excluding hydrogens is 448 g/mol. The molecule has 0 spiro atoms. The summed E-state index contributed by atoms with van der Waals surface area (Å²) in [5.41, 5.74) is 1.34. The zero-order chi connectivity index (χ0) is 24.5. The monoisotopic (exact) mass is 476 g/mol. The van der Waals surface area contributed by atoms with Crippen molar-refractivity contribution in [2.24, 2.45) is 0 Å². The predicted molar refractivity (Wildman–Crippen MR) is 131 cm³/mol. The van der Waals surface area contributed by atoms with Crippen molar-refractivity contribution in [2.75, 3.05) is 36.4 Å². The summed E-state index contributed by atoms with van der Waals surface area (Å²) in [5, 5.41) is 18.9. The lowest BCUT2D eigenvalue weighted by atomic mass is 10.2. The molecule has 0 atom stereocenters. The molecule has 1 amide bonds. The van der Waals surface area contributed by atoms with Gasteiger partial charge in [0.25, 0.3) is 0 Å². The van der Waals surface area contributed by atoms with Crippen LogP contribution in [0.3, 0.4) is 0 Å². The molecule has 0 aliphatic carbocycles. The van der Waals surface area contributed by atoms with Gasteiger partial charge in [-0.25, -0.2) is 4.98 Å². The van der Waals surface area contributed by atoms with Gasteiger partial charge in [0.05, 0.1) is 11.9 Å². The van der Waals surface area contributed by atoms with Gasteiger partial charge in [-0.2, -0.15) is 9.97 Å². The van der Waals surface area contributed by atoms with Gasteiger partial charge in [-0.05, 0) is 13.8 Å². The molecule has 0 bridgehead atoms. The Kier molecular flexibility index (Phi) is 5.98. The Morgan fingerprint density at radius 2 is 1.86 bits per heavy atom. The van der Waals surface area contributed by atoms with Gasteiger partial charge in [0.2, 0.25) is 29.5 Å². The van der Waals surface area contributed by atoms with Gasteiger partial charge in [-0.1, -0.05) is 35.5 Å². The summed E-state index contributed by atoms with van der Waals surface area (Å²) < 4.78 is 7.20. The normalized spacial score (nSPS) is 14.2. The molecule has 0 radical (unpaired) electrons. The highest BCUT2D eigenvalue weighted by atomic mass is 16.5. The number of benzene rings is 1. The van der Waals surface area contributed by atoms with Crippen molar-refractivity contribution in [3.05, 3.63) is 42.4 Å². The third-order valence-corrected chi connectivity index (χ3v) is 6.13. The summed E-state index contributed by atoms with van der Waals surface area (Å²) >= 11 is 0. The number of anilines is 2. The lowest BCUT2D eigenvalue weighted by Gasteiger charge is -2.34. The second-order valence-electron chi connectivity index (χ2n) is 8.81. The summed E-state index contributed by atoms with van der Waals surface area (Å²) in [5.74, 6) is 2.14. The van der Waals surface area contributed by atoms with Crippen molar-refractivity contribution in [1.29, 1.82) is 0 Å². The van der Waals surface area contributed by atoms with Crippen LogP contribution in [-0.4, -0.2) is 66.8 Å². The molecule has 1 fully saturated rings. The van der Waals surface area contributed by atoms with Gasteiger partial charge in [-0.3, -0.25) is 4.79 Å². The summed E-state index contributed by atoms with van der Waals surface area (Å²) in [6, 6.07) is 9.67. The number of nitrogens with one attached hydrogen (secondary N) is 1. The minimum absolute atomic E-state index is 0.0454. The van der Waals surface area contributed by atoms with E-state index in [0.717, 1.165) is 5.56 Å². The van der Waals surface area contributed by atoms with E-state index in [9.17, 15) is 9.90 Å². The zero-order valence-electron chi connectivity index (χ0n) is 20.0. The average molecular weight is 477 g/mol. The molecule has 3 aromatic heterocycles. The van der Waals surface area contributed by atoms with Crippen LogP contribution in [0.5, 0.6) is 5.88 Å². The van der Waals surface area contributed by atoms with Crippen LogP contribution >= 0.6 is 0 Å². The Labute approximate surface area is 202 Å². The van der Waals surface area contributed by atoms with Crippen LogP contribution in [-0.2, 0) is 11.3 Å². The van der Waals surface area contributed by atoms with E-state index in [1.54, 1.807) is 16.4 Å². The van der Waals surface area contributed by atoms with E-state index in [1.165, 1.54) is 0 Å². The number of aromatic nitrogens is 5. The van der Waals surface area contributed by atoms with Gasteiger partial charge in [0.1, 0.15) is 11.3 Å². The quantitative estimate of drug-likeness (QED) is 0.432. The molecule has 182 valence electrons. The SMILES string of the molecule is CC(=O)N1CCN(c2nc(NCc3nc(-c4ccccc4)no3)c3cn(C(C)C)c(O)c3n2)CC1. The first-order chi connectivity index (χ1) is 16.9. The lowest BCUT2D eigenvalue weighted by molar-refractivity contribution is -0.129. The molecule has 1 aliphatic rings. The number of aromatic hydroxyl groups is 1. The average Bonchev–Trinajstić information content (AvgIpc) is 3.48. The number of carbonyl (C=O) groups excluding carboxylic acids is 1. The Hall–Kier alpha value is -4.15. The molecule has 5 rings (SSSR count). The highest BCUT2D eigenvalue weighted by Crippen LogP contribution is 2.34. The third-order valence-electron chi connectivity index (χ3n) is 6.13. The topological polar surface area (TPSA) is 125 Å². The van der Waals surface area contributed by atoms with Crippen molar-refractivity contribution >= 4 is 28.6 Å². The van der Waals surface area contributed by atoms with Crippen LogP contribution in [0, 0.1) is 0 Å². The van der Waals surface area contributed by atoms with E-state index in [1.807, 2.05) is 55.3 Å². The number of fused-ring (bicyclic) bond motifs is 1. The van der Waals surface area contributed by atoms with Crippen LogP contribution < -0.4 is 10.2 Å². The van der Waals surface area contributed by atoms with Crippen LogP contribution in [0.2, 0.25) is 0 Å². The number of piperazine rings is 1. The van der Waals surface area contributed by atoms with E-state index in [2.05, 4.69) is 20.4 Å². The van der Waals surface area contributed by atoms with Crippen LogP contribution in [0.15, 0.2) is 41.1 Å². The number of hydrogen-bond acceptors (Lipinski definition) is 9. The molecule has 1 aromatic carbocycles. The minimum atomic E-state index is 0.0454. The highest BCUT2D eigenvalue weighted by molar-refractivity contribution is 5.94. The number of carbonyl (C=O) groups is 1. The smallest absolute Gasteiger partial charge is 0.246 e. The fourth-order valence-electron chi connectivity index (χ4n) is 4.15. The number of rotatable bonds is 6. The van der Waals surface area contributed by atoms with Crippen LogP contribution in [0.1, 0.15) is 32.7 Å². The largest absolute Gasteiger partial charge is 0.493 e. The maximum Gasteiger partial charge on any atom is 0.246 e. The summed E-state index contributed by atoms with van der Waals surface area (Å²) in [7, 11) is 0. The standard InChI is InChI=1S/C24H28N8O3/c1-15(2)32-14-18-20(23(32)34)27-24(31-11-9-30(10-12-31)16(3)33)28-22(18)25-13-19-26-21(29-35-19)17-7-5-4-6-8-17/h4-8,14-15,34H,9-13H2,1-3H3,(H,25,27,28). The van der Waals surface area contributed by atoms with Gasteiger partial charge < -0.3 is 29.3 Å². The molecule has 4 aromatic rings. The first kappa shape index (κ1) is 22.6. The van der Waals surface area contributed by atoms with Gasteiger partial charge in [-0.15, -0.1) is 0 Å². The molecule has 0 unspecified atom stereocenters. The number of nitrogens with zero attached hydrogens (tertiary/aromatic N) is 7. The maximum atomic E-state index is 11.7. The zero-order valence-corrected chi connectivity index (χ0v) is 20.0. The van der Waals surface area contributed by atoms with E-state index in [0.29, 0.717) is 60.6 Å². The summed E-state index contributed by atoms with van der Waals surface area (Å²) in [6.45, 7) is 8.24. The molecule has 1 saturated heterocycles. The molecule has 11 heteroatoms. The van der Waals surface area contributed by atoms with E-state index in [4.69, 9.17) is 9.51 Å². The molecule has 2 N–H and O–H groups in total. The van der Waals surface area contributed by atoms with E-state index < -0.39 is 0 Å². The van der Waals surface area contributed by atoms with E-state index >= 15 is 0 Å². The van der Waals surface area contributed by atoms with Crippen molar-refractivity contribution in [3.63, 3.8) is 0 Å². The molecule has 4 heterocycles. The van der Waals surface area contributed by atoms with Crippen molar-refractivity contribution in [2.45, 2.75) is 33.4 Å². The van der Waals surface area contributed by atoms with Crippen LogP contribution in [0.4, 0.5) is 11.8 Å². The second kappa shape index (κ2) is 9.24. The van der Waals surface area contributed by atoms with Gasteiger partial charge in [0.15, 0.2) is 0 Å². The first-order valence-corrected chi connectivity index (χ1v) is 11.6. The predicted octanol–water partition coefficient (Wildman–Crippen LogP) is 3.05. The van der Waals surface area contributed by atoms with Crippen molar-refractivity contribution in [1.82, 2.24) is 29.6 Å². The Morgan fingerprint density at radius 1 is 1.11 bits per heavy atom. The fraction of sp³-hybridized carbons (Fsp3) is 0.375.